The van der Waals surface area contributed by atoms with Gasteiger partial charge in [0, 0.05) is 58.6 Å². The monoisotopic (exact) mass is 547 g/mol. The Bertz CT molecular complexity index is 1420. The second-order valence-corrected chi connectivity index (χ2v) is 13.8. The van der Waals surface area contributed by atoms with Crippen LogP contribution in [0.5, 0.6) is 0 Å². The van der Waals surface area contributed by atoms with E-state index in [0.29, 0.717) is 36.8 Å². The van der Waals surface area contributed by atoms with Crippen LogP contribution in [0, 0.1) is 39.9 Å². The van der Waals surface area contributed by atoms with Crippen molar-refractivity contribution < 1.29 is 33.4 Å². The molecule has 8 nitrogen and oxygen atoms in total. The standard InChI is InChI=1S/C32H37NO7/c1-14-11-19(33)23-25(22-15(2)12-20(35)21(14)22)39-28(37)32(23)13-31-10-9-29(32,5)26(31)24-18(16(3)27(36)38-24)7-8-30(31,6)40-17(4)34/h9-10,12,18-19,22-26H,3,7-8,11,13,33H2,1-2,4-6H3/t18?,19-,22?,23?,24?,25?,26?,29+,30-,31?,32?/m0/s1. The Labute approximate surface area is 234 Å². The average molecular weight is 548 g/mol. The van der Waals surface area contributed by atoms with Gasteiger partial charge in [0.2, 0.25) is 0 Å². The summed E-state index contributed by atoms with van der Waals surface area (Å²) in [7, 11) is 0. The van der Waals surface area contributed by atoms with E-state index in [-0.39, 0.29) is 29.5 Å². The van der Waals surface area contributed by atoms with Gasteiger partial charge in [-0.05, 0) is 52.5 Å². The minimum absolute atomic E-state index is 0.0331. The van der Waals surface area contributed by atoms with Crippen molar-refractivity contribution in [3.8, 4) is 0 Å². The lowest BCUT2D eigenvalue weighted by Crippen LogP contribution is -2.54. The van der Waals surface area contributed by atoms with Crippen molar-refractivity contribution in [2.75, 3.05) is 0 Å². The molecule has 5 aliphatic carbocycles. The Morgan fingerprint density at radius 3 is 2.55 bits per heavy atom. The quantitative estimate of drug-likeness (QED) is 0.229. The van der Waals surface area contributed by atoms with Crippen molar-refractivity contribution in [3.05, 3.63) is 47.1 Å². The first-order chi connectivity index (χ1) is 18.7. The topological polar surface area (TPSA) is 122 Å². The van der Waals surface area contributed by atoms with Crippen LogP contribution in [0.2, 0.25) is 0 Å². The Hall–Kier alpha value is -3.00. The normalized spacial score (nSPS) is 50.1. The highest BCUT2D eigenvalue weighted by atomic mass is 16.6. The summed E-state index contributed by atoms with van der Waals surface area (Å²) in [4.78, 5) is 53.0. The maximum absolute atomic E-state index is 14.5. The van der Waals surface area contributed by atoms with Crippen molar-refractivity contribution in [2.24, 2.45) is 45.7 Å². The lowest BCUT2D eigenvalue weighted by molar-refractivity contribution is -0.175. The van der Waals surface area contributed by atoms with Gasteiger partial charge in [-0.15, -0.1) is 0 Å². The fraction of sp³-hybridized carbons (Fsp3) is 0.625. The number of fused-ring (bicyclic) bond motifs is 6. The summed E-state index contributed by atoms with van der Waals surface area (Å²) >= 11 is 0. The number of rotatable bonds is 1. The third kappa shape index (κ3) is 2.67. The largest absolute Gasteiger partial charge is 0.461 e. The van der Waals surface area contributed by atoms with Crippen LogP contribution in [-0.2, 0) is 33.4 Å². The molecule has 40 heavy (non-hydrogen) atoms. The molecule has 11 atom stereocenters. The molecule has 0 aromatic carbocycles. The number of nitrogens with two attached hydrogens (primary N) is 1. The van der Waals surface area contributed by atoms with Crippen molar-refractivity contribution in [1.29, 1.82) is 0 Å². The molecule has 2 saturated carbocycles. The van der Waals surface area contributed by atoms with E-state index in [4.69, 9.17) is 19.9 Å². The third-order valence-electron chi connectivity index (χ3n) is 12.2. The second kappa shape index (κ2) is 7.64. The number of carbonyl (C=O) groups excluding carboxylic acids is 4. The molecular formula is C32H37NO7. The number of ketones is 1. The van der Waals surface area contributed by atoms with Crippen LogP contribution >= 0.6 is 0 Å². The van der Waals surface area contributed by atoms with E-state index in [0.717, 1.165) is 11.1 Å². The van der Waals surface area contributed by atoms with Crippen molar-refractivity contribution in [1.82, 2.24) is 0 Å². The Balaban J connectivity index is 1.44. The van der Waals surface area contributed by atoms with Gasteiger partial charge in [0.15, 0.2) is 5.78 Å². The van der Waals surface area contributed by atoms with Gasteiger partial charge in [0.1, 0.15) is 17.8 Å². The second-order valence-electron chi connectivity index (χ2n) is 13.8. The van der Waals surface area contributed by atoms with Gasteiger partial charge in [-0.25, -0.2) is 4.79 Å². The fourth-order valence-electron chi connectivity index (χ4n) is 10.7. The zero-order valence-corrected chi connectivity index (χ0v) is 23.7. The molecular weight excluding hydrogens is 510 g/mol. The predicted octanol–water partition coefficient (Wildman–Crippen LogP) is 3.50. The Kier molecular flexibility index (Phi) is 4.95. The van der Waals surface area contributed by atoms with Crippen LogP contribution in [-0.4, -0.2) is 47.5 Å². The molecule has 2 heterocycles. The summed E-state index contributed by atoms with van der Waals surface area (Å²) in [6.45, 7) is 13.4. The maximum atomic E-state index is 14.5. The van der Waals surface area contributed by atoms with E-state index in [2.05, 4.69) is 25.7 Å². The van der Waals surface area contributed by atoms with Gasteiger partial charge in [-0.3, -0.25) is 14.4 Å². The van der Waals surface area contributed by atoms with E-state index in [1.54, 1.807) is 6.08 Å². The van der Waals surface area contributed by atoms with Gasteiger partial charge in [0.25, 0.3) is 0 Å². The summed E-state index contributed by atoms with van der Waals surface area (Å²) < 4.78 is 18.7. The van der Waals surface area contributed by atoms with E-state index < -0.39 is 58.0 Å². The Morgan fingerprint density at radius 1 is 1.12 bits per heavy atom. The van der Waals surface area contributed by atoms with Crippen LogP contribution in [0.4, 0.5) is 0 Å². The van der Waals surface area contributed by atoms with Gasteiger partial charge in [-0.1, -0.05) is 36.8 Å². The van der Waals surface area contributed by atoms with E-state index in [1.165, 1.54) is 6.92 Å². The van der Waals surface area contributed by atoms with E-state index in [1.807, 2.05) is 20.8 Å². The molecule has 2 bridgehead atoms. The van der Waals surface area contributed by atoms with Crippen LogP contribution in [0.25, 0.3) is 0 Å². The first kappa shape index (κ1) is 25.9. The van der Waals surface area contributed by atoms with Gasteiger partial charge < -0.3 is 19.9 Å². The smallest absolute Gasteiger partial charge is 0.334 e. The molecule has 0 aromatic rings. The van der Waals surface area contributed by atoms with Crippen molar-refractivity contribution in [3.63, 3.8) is 0 Å². The maximum Gasteiger partial charge on any atom is 0.334 e. The minimum atomic E-state index is -1.06. The van der Waals surface area contributed by atoms with Gasteiger partial charge in [-0.2, -0.15) is 0 Å². The highest BCUT2D eigenvalue weighted by Gasteiger charge is 2.84. The van der Waals surface area contributed by atoms with Crippen molar-refractivity contribution in [2.45, 2.75) is 84.2 Å². The summed E-state index contributed by atoms with van der Waals surface area (Å²) in [5.74, 6) is -2.48. The zero-order chi connectivity index (χ0) is 28.7. The van der Waals surface area contributed by atoms with Crippen molar-refractivity contribution >= 4 is 23.7 Å². The predicted molar refractivity (Wildman–Crippen MR) is 143 cm³/mol. The fourth-order valence-corrected chi connectivity index (χ4v) is 10.7. The highest BCUT2D eigenvalue weighted by Crippen LogP contribution is 2.80. The Morgan fingerprint density at radius 2 is 1.85 bits per heavy atom. The molecule has 8 unspecified atom stereocenters. The molecule has 2 aliphatic heterocycles. The van der Waals surface area contributed by atoms with Crippen LogP contribution in [0.1, 0.15) is 60.3 Å². The molecule has 4 fully saturated rings. The first-order valence-corrected chi connectivity index (χ1v) is 14.4. The summed E-state index contributed by atoms with van der Waals surface area (Å²) in [5, 5.41) is 0. The SMILES string of the molecule is C=C1C(=O)OC2C1CC[C@](C)(OC(C)=O)C13C=C[C@](C)(C21)C1(C3)C(=O)OC2C3C(C)=CC(=O)C3=C(C)C[C@H](N)C21. The average Bonchev–Trinajstić information content (AvgIpc) is 3.53. The lowest BCUT2D eigenvalue weighted by Gasteiger charge is -2.47. The van der Waals surface area contributed by atoms with E-state index >= 15 is 0 Å². The zero-order valence-electron chi connectivity index (χ0n) is 23.7. The number of carbonyl (C=O) groups is 4. The molecule has 0 aromatic heterocycles. The molecule has 2 N–H and O–H groups in total. The lowest BCUT2D eigenvalue weighted by atomic mass is 9.54. The highest BCUT2D eigenvalue weighted by molar-refractivity contribution is 6.09. The molecule has 2 saturated heterocycles. The van der Waals surface area contributed by atoms with Gasteiger partial charge in [0.05, 0.1) is 5.41 Å². The molecule has 7 rings (SSSR count). The number of allylic oxidation sites excluding steroid dienone is 2. The third-order valence-corrected chi connectivity index (χ3v) is 12.2. The number of hydrogen-bond acceptors (Lipinski definition) is 8. The van der Waals surface area contributed by atoms with E-state index in [9.17, 15) is 19.2 Å². The number of hydrogen-bond donors (Lipinski definition) is 1. The van der Waals surface area contributed by atoms with Gasteiger partial charge >= 0.3 is 17.9 Å². The van der Waals surface area contributed by atoms with Crippen LogP contribution in [0.3, 0.4) is 0 Å². The number of esters is 3. The summed E-state index contributed by atoms with van der Waals surface area (Å²) in [6.07, 6.45) is 6.69. The summed E-state index contributed by atoms with van der Waals surface area (Å²) in [5.41, 5.74) is 6.38. The van der Waals surface area contributed by atoms with Crippen LogP contribution in [0.15, 0.2) is 47.1 Å². The van der Waals surface area contributed by atoms with Crippen LogP contribution < -0.4 is 5.73 Å². The molecule has 212 valence electrons. The molecule has 0 radical (unpaired) electrons. The first-order valence-electron chi connectivity index (χ1n) is 14.4. The molecule has 7 aliphatic rings. The molecule has 8 heteroatoms. The molecule has 0 amide bonds. The summed E-state index contributed by atoms with van der Waals surface area (Å²) in [6, 6.07) is -0.433. The molecule has 1 spiro atoms. The minimum Gasteiger partial charge on any atom is -0.461 e. The number of ether oxygens (including phenoxy) is 3.